The summed E-state index contributed by atoms with van der Waals surface area (Å²) < 4.78 is 4.94. The van der Waals surface area contributed by atoms with E-state index in [0.29, 0.717) is 5.56 Å². The van der Waals surface area contributed by atoms with Crippen LogP contribution >= 0.6 is 0 Å². The molecule has 1 aromatic rings. The molecule has 0 aromatic heterocycles. The summed E-state index contributed by atoms with van der Waals surface area (Å²) >= 11 is 0. The molecule has 0 spiro atoms. The highest BCUT2D eigenvalue weighted by molar-refractivity contribution is 6.09. The van der Waals surface area contributed by atoms with Crippen molar-refractivity contribution in [2.75, 3.05) is 6.61 Å². The molecule has 2 atom stereocenters. The normalized spacial score (nSPS) is 26.1. The lowest BCUT2D eigenvalue weighted by atomic mass is 9.77. The average molecular weight is 272 g/mol. The summed E-state index contributed by atoms with van der Waals surface area (Å²) in [7, 11) is 0. The van der Waals surface area contributed by atoms with E-state index in [1.165, 1.54) is 0 Å². The number of hydrogen-bond acceptors (Lipinski definition) is 4. The zero-order valence-electron chi connectivity index (χ0n) is 11.2. The fourth-order valence-electron chi connectivity index (χ4n) is 2.19. The Labute approximate surface area is 117 Å². The van der Waals surface area contributed by atoms with Crippen molar-refractivity contribution in [3.63, 3.8) is 0 Å². The van der Waals surface area contributed by atoms with E-state index in [0.717, 1.165) is 6.08 Å². The van der Waals surface area contributed by atoms with E-state index in [1.807, 2.05) is 6.07 Å². The maximum Gasteiger partial charge on any atom is 0.317 e. The topological polar surface area (TPSA) is 63.6 Å². The Kier molecular flexibility index (Phi) is 3.74. The molecule has 0 radical (unpaired) electrons. The van der Waals surface area contributed by atoms with Crippen molar-refractivity contribution in [1.82, 2.24) is 0 Å². The Morgan fingerprint density at radius 1 is 1.45 bits per heavy atom. The molecule has 1 heterocycles. The SMILES string of the molecule is C=C[C@@]1(C)COC(=O)[C@H]1C(=O)/C=C(\O)c1ccccc1. The van der Waals surface area contributed by atoms with Gasteiger partial charge >= 0.3 is 5.97 Å². The number of allylic oxidation sites excluding steroid dienone is 1. The molecule has 1 aromatic carbocycles. The van der Waals surface area contributed by atoms with Crippen molar-refractivity contribution in [3.05, 3.63) is 54.6 Å². The van der Waals surface area contributed by atoms with Crippen molar-refractivity contribution >= 4 is 17.5 Å². The van der Waals surface area contributed by atoms with Crippen LogP contribution in [0.3, 0.4) is 0 Å². The first-order valence-electron chi connectivity index (χ1n) is 6.28. The van der Waals surface area contributed by atoms with Gasteiger partial charge in [0.2, 0.25) is 0 Å². The Balaban J connectivity index is 2.28. The number of aliphatic hydroxyl groups is 1. The highest BCUT2D eigenvalue weighted by Gasteiger charge is 2.48. The zero-order chi connectivity index (χ0) is 14.8. The number of rotatable bonds is 4. The van der Waals surface area contributed by atoms with Crippen LogP contribution in [0.5, 0.6) is 0 Å². The molecular formula is C16H16O4. The molecular weight excluding hydrogens is 256 g/mol. The maximum atomic E-state index is 12.2. The number of carbonyl (C=O) groups excluding carboxylic acids is 2. The van der Waals surface area contributed by atoms with Gasteiger partial charge < -0.3 is 9.84 Å². The molecule has 4 heteroatoms. The molecule has 0 unspecified atom stereocenters. The second-order valence-corrected chi connectivity index (χ2v) is 5.05. The molecule has 0 amide bonds. The molecule has 2 rings (SSSR count). The number of ether oxygens (including phenoxy) is 1. The third kappa shape index (κ3) is 2.50. The van der Waals surface area contributed by atoms with Crippen LogP contribution in [-0.2, 0) is 14.3 Å². The van der Waals surface area contributed by atoms with E-state index >= 15 is 0 Å². The van der Waals surface area contributed by atoms with Crippen LogP contribution in [0, 0.1) is 11.3 Å². The van der Waals surface area contributed by atoms with Crippen molar-refractivity contribution < 1.29 is 19.4 Å². The van der Waals surface area contributed by atoms with Crippen LogP contribution in [0.25, 0.3) is 5.76 Å². The molecule has 1 N–H and O–H groups in total. The molecule has 1 aliphatic heterocycles. The van der Waals surface area contributed by atoms with E-state index in [2.05, 4.69) is 6.58 Å². The number of aliphatic hydroxyl groups excluding tert-OH is 1. The maximum absolute atomic E-state index is 12.2. The van der Waals surface area contributed by atoms with Gasteiger partial charge in [-0.2, -0.15) is 0 Å². The van der Waals surface area contributed by atoms with Crippen LogP contribution < -0.4 is 0 Å². The van der Waals surface area contributed by atoms with Gasteiger partial charge in [-0.25, -0.2) is 0 Å². The first kappa shape index (κ1) is 14.1. The second-order valence-electron chi connectivity index (χ2n) is 5.05. The monoisotopic (exact) mass is 272 g/mol. The van der Waals surface area contributed by atoms with E-state index in [-0.39, 0.29) is 12.4 Å². The predicted molar refractivity (Wildman–Crippen MR) is 74.8 cm³/mol. The smallest absolute Gasteiger partial charge is 0.317 e. The molecule has 104 valence electrons. The molecule has 1 saturated heterocycles. The standard InChI is InChI=1S/C16H16O4/c1-3-16(2)10-20-15(19)14(16)13(18)9-12(17)11-7-5-4-6-8-11/h3-9,14,17H,1,10H2,2H3/b12-9-/t14-,16+/m1/s1. The number of benzene rings is 1. The zero-order valence-corrected chi connectivity index (χ0v) is 11.2. The van der Waals surface area contributed by atoms with Gasteiger partial charge in [-0.3, -0.25) is 9.59 Å². The fourth-order valence-corrected chi connectivity index (χ4v) is 2.19. The second kappa shape index (κ2) is 5.33. The highest BCUT2D eigenvalue weighted by atomic mass is 16.5. The lowest BCUT2D eigenvalue weighted by Crippen LogP contribution is -2.31. The third-order valence-electron chi connectivity index (χ3n) is 3.52. The van der Waals surface area contributed by atoms with Gasteiger partial charge in [-0.05, 0) is 0 Å². The van der Waals surface area contributed by atoms with Gasteiger partial charge in [0, 0.05) is 17.1 Å². The first-order chi connectivity index (χ1) is 9.48. The van der Waals surface area contributed by atoms with Gasteiger partial charge in [0.25, 0.3) is 0 Å². The number of carbonyl (C=O) groups is 2. The molecule has 0 bridgehead atoms. The molecule has 1 fully saturated rings. The van der Waals surface area contributed by atoms with Crippen molar-refractivity contribution in [3.8, 4) is 0 Å². The number of esters is 1. The Morgan fingerprint density at radius 2 is 2.10 bits per heavy atom. The van der Waals surface area contributed by atoms with Gasteiger partial charge in [0.1, 0.15) is 18.3 Å². The third-order valence-corrected chi connectivity index (χ3v) is 3.52. The van der Waals surface area contributed by atoms with Gasteiger partial charge in [-0.1, -0.05) is 43.3 Å². The summed E-state index contributed by atoms with van der Waals surface area (Å²) in [6.45, 7) is 5.52. The minimum atomic E-state index is -0.953. The minimum absolute atomic E-state index is 0.131. The molecule has 0 saturated carbocycles. The van der Waals surface area contributed by atoms with E-state index in [4.69, 9.17) is 4.74 Å². The van der Waals surface area contributed by atoms with Gasteiger partial charge in [-0.15, -0.1) is 6.58 Å². The number of ketones is 1. The minimum Gasteiger partial charge on any atom is -0.507 e. The summed E-state index contributed by atoms with van der Waals surface area (Å²) in [5.41, 5.74) is -0.214. The summed E-state index contributed by atoms with van der Waals surface area (Å²) in [5.74, 6) is -2.17. The Morgan fingerprint density at radius 3 is 2.70 bits per heavy atom. The molecule has 0 aliphatic carbocycles. The van der Waals surface area contributed by atoms with Crippen LogP contribution in [0.4, 0.5) is 0 Å². The fraction of sp³-hybridized carbons (Fsp3) is 0.250. The Hall–Kier alpha value is -2.36. The van der Waals surface area contributed by atoms with E-state index < -0.39 is 23.1 Å². The number of hydrogen-bond donors (Lipinski definition) is 1. The van der Waals surface area contributed by atoms with Crippen LogP contribution in [0.15, 0.2) is 49.1 Å². The van der Waals surface area contributed by atoms with Crippen molar-refractivity contribution in [1.29, 1.82) is 0 Å². The summed E-state index contributed by atoms with van der Waals surface area (Å²) in [6, 6.07) is 8.67. The number of cyclic esters (lactones) is 1. The van der Waals surface area contributed by atoms with E-state index in [1.54, 1.807) is 37.3 Å². The molecule has 4 nitrogen and oxygen atoms in total. The quantitative estimate of drug-likeness (QED) is 0.301. The van der Waals surface area contributed by atoms with Crippen LogP contribution in [0.1, 0.15) is 12.5 Å². The highest BCUT2D eigenvalue weighted by Crippen LogP contribution is 2.37. The van der Waals surface area contributed by atoms with Crippen molar-refractivity contribution in [2.45, 2.75) is 6.92 Å². The summed E-state index contributed by atoms with van der Waals surface area (Å²) in [4.78, 5) is 23.9. The van der Waals surface area contributed by atoms with Crippen LogP contribution in [0.2, 0.25) is 0 Å². The summed E-state index contributed by atoms with van der Waals surface area (Å²) in [6.07, 6.45) is 2.63. The lowest BCUT2D eigenvalue weighted by molar-refractivity contribution is -0.143. The van der Waals surface area contributed by atoms with Gasteiger partial charge in [0.05, 0.1) is 0 Å². The van der Waals surface area contributed by atoms with E-state index in [9.17, 15) is 14.7 Å². The largest absolute Gasteiger partial charge is 0.507 e. The predicted octanol–water partition coefficient (Wildman–Crippen LogP) is 2.52. The summed E-state index contributed by atoms with van der Waals surface area (Å²) in [5, 5.41) is 9.94. The van der Waals surface area contributed by atoms with Crippen molar-refractivity contribution in [2.24, 2.45) is 11.3 Å². The first-order valence-corrected chi connectivity index (χ1v) is 6.28. The molecule has 20 heavy (non-hydrogen) atoms. The van der Waals surface area contributed by atoms with Gasteiger partial charge in [0.15, 0.2) is 5.78 Å². The lowest BCUT2D eigenvalue weighted by Gasteiger charge is -2.20. The van der Waals surface area contributed by atoms with Crippen LogP contribution in [-0.4, -0.2) is 23.5 Å². The Bertz CT molecular complexity index is 573. The average Bonchev–Trinajstić information content (AvgIpc) is 2.76. The molecule has 1 aliphatic rings.